The van der Waals surface area contributed by atoms with E-state index in [9.17, 15) is 0 Å². The Morgan fingerprint density at radius 1 is 0.912 bits per heavy atom. The normalized spacial score (nSPS) is 14.7. The summed E-state index contributed by atoms with van der Waals surface area (Å²) in [5, 5.41) is 13.3. The van der Waals surface area contributed by atoms with Gasteiger partial charge in [-0.25, -0.2) is 4.52 Å². The maximum absolute atomic E-state index is 5.06. The summed E-state index contributed by atoms with van der Waals surface area (Å²) in [7, 11) is 0. The number of hydrogen-bond acceptors (Lipinski definition) is 5. The molecular formula is C27H29N7. The van der Waals surface area contributed by atoms with E-state index in [1.165, 1.54) is 16.6 Å². The van der Waals surface area contributed by atoms with Gasteiger partial charge in [-0.2, -0.15) is 4.98 Å². The molecule has 5 aromatic rings. The first-order chi connectivity index (χ1) is 16.8. The second-order valence-corrected chi connectivity index (χ2v) is 8.93. The van der Waals surface area contributed by atoms with Crippen molar-refractivity contribution in [3.63, 3.8) is 0 Å². The Hall–Kier alpha value is -3.68. The highest BCUT2D eigenvalue weighted by molar-refractivity contribution is 5.83. The van der Waals surface area contributed by atoms with Gasteiger partial charge in [0.25, 0.3) is 5.95 Å². The molecule has 2 aromatic carbocycles. The Balaban J connectivity index is 1.45. The van der Waals surface area contributed by atoms with E-state index in [2.05, 4.69) is 98.3 Å². The van der Waals surface area contributed by atoms with Crippen LogP contribution in [0.3, 0.4) is 0 Å². The number of anilines is 1. The van der Waals surface area contributed by atoms with Crippen LogP contribution in [0.5, 0.6) is 0 Å². The van der Waals surface area contributed by atoms with Gasteiger partial charge in [0.05, 0.1) is 11.2 Å². The number of rotatable bonds is 6. The second-order valence-electron chi connectivity index (χ2n) is 8.93. The molecule has 1 aliphatic rings. The average molecular weight is 452 g/mol. The molecule has 0 saturated carbocycles. The lowest BCUT2D eigenvalue weighted by atomic mass is 10.2. The van der Waals surface area contributed by atoms with Crippen LogP contribution >= 0.6 is 0 Å². The Labute approximate surface area is 199 Å². The summed E-state index contributed by atoms with van der Waals surface area (Å²) in [6.07, 6.45) is 0. The van der Waals surface area contributed by atoms with Crippen molar-refractivity contribution in [3.05, 3.63) is 89.7 Å². The lowest BCUT2D eigenvalue weighted by molar-refractivity contribution is 0.229. The molecule has 0 spiro atoms. The van der Waals surface area contributed by atoms with E-state index in [0.29, 0.717) is 12.5 Å². The molecule has 0 bridgehead atoms. The molecule has 0 atom stereocenters. The maximum atomic E-state index is 5.06. The number of nitrogens with one attached hydrogen (secondary N) is 2. The van der Waals surface area contributed by atoms with Crippen molar-refractivity contribution < 1.29 is 0 Å². The van der Waals surface area contributed by atoms with Crippen LogP contribution in [-0.4, -0.2) is 50.2 Å². The van der Waals surface area contributed by atoms with Crippen LogP contribution in [0.25, 0.3) is 22.4 Å². The summed E-state index contributed by atoms with van der Waals surface area (Å²) in [4.78, 5) is 7.51. The van der Waals surface area contributed by atoms with Gasteiger partial charge in [-0.1, -0.05) is 48.5 Å². The molecule has 6 rings (SSSR count). The lowest BCUT2D eigenvalue weighted by Gasteiger charge is -2.26. The van der Waals surface area contributed by atoms with Crippen LogP contribution < -0.4 is 10.6 Å². The minimum absolute atomic E-state index is 0.680. The third kappa shape index (κ3) is 3.93. The Morgan fingerprint density at radius 3 is 2.56 bits per heavy atom. The summed E-state index contributed by atoms with van der Waals surface area (Å²) in [5.41, 5.74) is 5.63. The van der Waals surface area contributed by atoms with E-state index in [1.807, 2.05) is 6.07 Å². The Morgan fingerprint density at radius 2 is 1.71 bits per heavy atom. The average Bonchev–Trinajstić information content (AvgIpc) is 3.43. The molecule has 1 aliphatic heterocycles. The quantitative estimate of drug-likeness (QED) is 0.409. The molecule has 2 N–H and O–H groups in total. The first-order valence-corrected chi connectivity index (χ1v) is 11.9. The Bertz CT molecular complexity index is 1430. The zero-order valence-electron chi connectivity index (χ0n) is 19.4. The molecule has 1 fully saturated rings. The zero-order chi connectivity index (χ0) is 22.9. The molecule has 0 radical (unpaired) electrons. The van der Waals surface area contributed by atoms with E-state index in [1.54, 1.807) is 0 Å². The number of fused-ring (bicyclic) bond motifs is 2. The van der Waals surface area contributed by atoms with Gasteiger partial charge >= 0.3 is 0 Å². The number of piperazine rings is 1. The van der Waals surface area contributed by atoms with Crippen LogP contribution in [0.4, 0.5) is 5.82 Å². The third-order valence-corrected chi connectivity index (χ3v) is 6.57. The van der Waals surface area contributed by atoms with Crippen molar-refractivity contribution in [2.24, 2.45) is 0 Å². The standard InChI is InChI=1S/C27H29N7/c1-20-17-22-9-5-6-10-24(22)33(20)27-30-26(29-18-21-7-3-2-4-8-21)25-12-11-23(34(25)31-27)19-32-15-13-28-14-16-32/h2-12,17,28H,13-16,18-19H2,1H3,(H,29,30,31). The highest BCUT2D eigenvalue weighted by Crippen LogP contribution is 2.25. The maximum Gasteiger partial charge on any atom is 0.254 e. The number of para-hydroxylation sites is 1. The smallest absolute Gasteiger partial charge is 0.254 e. The second kappa shape index (κ2) is 8.93. The molecule has 3 aromatic heterocycles. The summed E-state index contributed by atoms with van der Waals surface area (Å²) >= 11 is 0. The predicted molar refractivity (Wildman–Crippen MR) is 136 cm³/mol. The summed E-state index contributed by atoms with van der Waals surface area (Å²) < 4.78 is 4.23. The number of hydrogen-bond donors (Lipinski definition) is 2. The molecule has 34 heavy (non-hydrogen) atoms. The third-order valence-electron chi connectivity index (χ3n) is 6.57. The highest BCUT2D eigenvalue weighted by Gasteiger charge is 2.18. The molecule has 172 valence electrons. The van der Waals surface area contributed by atoms with Crippen LogP contribution in [0.15, 0.2) is 72.8 Å². The van der Waals surface area contributed by atoms with Crippen molar-refractivity contribution in [1.82, 2.24) is 29.4 Å². The van der Waals surface area contributed by atoms with Crippen molar-refractivity contribution in [1.29, 1.82) is 0 Å². The van der Waals surface area contributed by atoms with Gasteiger partial charge in [0.1, 0.15) is 5.52 Å². The monoisotopic (exact) mass is 451 g/mol. The minimum Gasteiger partial charge on any atom is -0.364 e. The molecule has 1 saturated heterocycles. The fourth-order valence-corrected chi connectivity index (χ4v) is 4.82. The van der Waals surface area contributed by atoms with Gasteiger partial charge in [0, 0.05) is 50.3 Å². The van der Waals surface area contributed by atoms with Crippen molar-refractivity contribution >= 4 is 22.2 Å². The van der Waals surface area contributed by atoms with Crippen molar-refractivity contribution in [3.8, 4) is 5.95 Å². The highest BCUT2D eigenvalue weighted by atomic mass is 15.4. The molecule has 7 heteroatoms. The van der Waals surface area contributed by atoms with Crippen LogP contribution in [0.1, 0.15) is 17.0 Å². The van der Waals surface area contributed by atoms with Crippen molar-refractivity contribution in [2.75, 3.05) is 31.5 Å². The summed E-state index contributed by atoms with van der Waals surface area (Å²) in [6.45, 7) is 7.84. The van der Waals surface area contributed by atoms with Gasteiger partial charge in [0.2, 0.25) is 0 Å². The van der Waals surface area contributed by atoms with Gasteiger partial charge in [-0.05, 0) is 36.8 Å². The van der Waals surface area contributed by atoms with Gasteiger partial charge in [-0.3, -0.25) is 9.47 Å². The van der Waals surface area contributed by atoms with Gasteiger partial charge in [-0.15, -0.1) is 5.10 Å². The van der Waals surface area contributed by atoms with Gasteiger partial charge < -0.3 is 10.6 Å². The molecular weight excluding hydrogens is 422 g/mol. The van der Waals surface area contributed by atoms with E-state index in [0.717, 1.165) is 55.3 Å². The van der Waals surface area contributed by atoms with Gasteiger partial charge in [0.15, 0.2) is 5.82 Å². The van der Waals surface area contributed by atoms with Crippen LogP contribution in [-0.2, 0) is 13.1 Å². The molecule has 7 nitrogen and oxygen atoms in total. The van der Waals surface area contributed by atoms with E-state index >= 15 is 0 Å². The SMILES string of the molecule is Cc1cc2ccccc2n1-c1nc(NCc2ccccc2)c2ccc(CN3CCNCC3)n2n1. The Kier molecular flexibility index (Phi) is 5.49. The summed E-state index contributed by atoms with van der Waals surface area (Å²) in [5.74, 6) is 1.53. The molecule has 0 amide bonds. The molecule has 4 heterocycles. The first-order valence-electron chi connectivity index (χ1n) is 11.9. The van der Waals surface area contributed by atoms with Crippen LogP contribution in [0.2, 0.25) is 0 Å². The predicted octanol–water partition coefficient (Wildman–Crippen LogP) is 4.00. The van der Waals surface area contributed by atoms with E-state index in [-0.39, 0.29) is 0 Å². The fourth-order valence-electron chi connectivity index (χ4n) is 4.82. The molecule has 0 unspecified atom stereocenters. The number of aromatic nitrogens is 4. The largest absolute Gasteiger partial charge is 0.364 e. The minimum atomic E-state index is 0.680. The number of nitrogens with zero attached hydrogens (tertiary/aromatic N) is 5. The number of benzene rings is 2. The fraction of sp³-hybridized carbons (Fsp3) is 0.259. The van der Waals surface area contributed by atoms with E-state index in [4.69, 9.17) is 10.1 Å². The first kappa shape index (κ1) is 20.9. The zero-order valence-corrected chi connectivity index (χ0v) is 19.4. The number of aryl methyl sites for hydroxylation is 1. The topological polar surface area (TPSA) is 62.4 Å². The molecule has 0 aliphatic carbocycles. The lowest BCUT2D eigenvalue weighted by Crippen LogP contribution is -2.43. The van der Waals surface area contributed by atoms with Crippen molar-refractivity contribution in [2.45, 2.75) is 20.0 Å². The van der Waals surface area contributed by atoms with E-state index < -0.39 is 0 Å². The van der Waals surface area contributed by atoms with Crippen LogP contribution in [0, 0.1) is 6.92 Å². The summed E-state index contributed by atoms with van der Waals surface area (Å²) in [6, 6.07) is 25.3.